The van der Waals surface area contributed by atoms with E-state index in [0.29, 0.717) is 17.7 Å². The predicted molar refractivity (Wildman–Crippen MR) is 85.6 cm³/mol. The summed E-state index contributed by atoms with van der Waals surface area (Å²) in [5, 5.41) is 12.8. The van der Waals surface area contributed by atoms with Gasteiger partial charge in [0.25, 0.3) is 11.6 Å². The third kappa shape index (κ3) is 3.89. The average molecular weight is 369 g/mol. The van der Waals surface area contributed by atoms with Crippen LogP contribution in [0, 0.1) is 17.0 Å². The Morgan fingerprint density at radius 2 is 2.10 bits per heavy atom. The maximum atomic E-state index is 12.4. The molecule has 0 aliphatic carbocycles. The van der Waals surface area contributed by atoms with Gasteiger partial charge in [-0.25, -0.2) is 0 Å². The summed E-state index contributed by atoms with van der Waals surface area (Å²) in [5.74, 6) is -0.230. The molecule has 2 aromatic rings. The molecule has 0 atom stereocenters. The lowest BCUT2D eigenvalue weighted by Crippen LogP contribution is -2.25. The molecular formula is C14H13BrN2O3S. The molecule has 0 bridgehead atoms. The van der Waals surface area contributed by atoms with E-state index >= 15 is 0 Å². The first-order chi connectivity index (χ1) is 9.86. The van der Waals surface area contributed by atoms with Crippen molar-refractivity contribution in [2.45, 2.75) is 13.5 Å². The van der Waals surface area contributed by atoms with Crippen molar-refractivity contribution in [3.8, 4) is 0 Å². The second-order valence-corrected chi connectivity index (χ2v) is 6.62. The van der Waals surface area contributed by atoms with E-state index < -0.39 is 4.92 Å². The van der Waals surface area contributed by atoms with Gasteiger partial charge in [0.15, 0.2) is 0 Å². The minimum atomic E-state index is -0.486. The van der Waals surface area contributed by atoms with Gasteiger partial charge in [0.05, 0.1) is 11.5 Å². The maximum absolute atomic E-state index is 12.4. The fourth-order valence-electron chi connectivity index (χ4n) is 1.95. The first-order valence-electron chi connectivity index (χ1n) is 6.11. The number of hydrogen-bond donors (Lipinski definition) is 0. The number of nitrogens with zero attached hydrogens (tertiary/aromatic N) is 2. The van der Waals surface area contributed by atoms with Gasteiger partial charge < -0.3 is 4.90 Å². The predicted octanol–water partition coefficient (Wildman–Crippen LogP) is 4.00. The van der Waals surface area contributed by atoms with Gasteiger partial charge in [-0.3, -0.25) is 14.9 Å². The highest BCUT2D eigenvalue weighted by molar-refractivity contribution is 9.10. The van der Waals surface area contributed by atoms with Crippen molar-refractivity contribution in [2.75, 3.05) is 7.05 Å². The second kappa shape index (κ2) is 6.36. The van der Waals surface area contributed by atoms with Crippen LogP contribution in [-0.4, -0.2) is 22.8 Å². The van der Waals surface area contributed by atoms with Crippen LogP contribution in [0.1, 0.15) is 20.8 Å². The Kier molecular flexibility index (Phi) is 4.74. The summed E-state index contributed by atoms with van der Waals surface area (Å²) in [4.78, 5) is 25.4. The summed E-state index contributed by atoms with van der Waals surface area (Å²) < 4.78 is 0.981. The normalized spacial score (nSPS) is 10.4. The Hall–Kier alpha value is -1.73. The molecule has 1 aromatic heterocycles. The van der Waals surface area contributed by atoms with Gasteiger partial charge in [-0.15, -0.1) is 11.3 Å². The van der Waals surface area contributed by atoms with E-state index in [1.165, 1.54) is 12.1 Å². The summed E-state index contributed by atoms with van der Waals surface area (Å²) in [6.45, 7) is 2.21. The van der Waals surface area contributed by atoms with E-state index in [1.54, 1.807) is 36.3 Å². The van der Waals surface area contributed by atoms with Gasteiger partial charge in [-0.2, -0.15) is 0 Å². The Morgan fingerprint density at radius 3 is 2.67 bits per heavy atom. The monoisotopic (exact) mass is 368 g/mol. The largest absolute Gasteiger partial charge is 0.337 e. The maximum Gasteiger partial charge on any atom is 0.270 e. The molecule has 5 nitrogen and oxygen atoms in total. The molecule has 0 unspecified atom stereocenters. The first kappa shape index (κ1) is 15.7. The number of benzene rings is 1. The summed E-state index contributed by atoms with van der Waals surface area (Å²) >= 11 is 4.92. The smallest absolute Gasteiger partial charge is 0.270 e. The topological polar surface area (TPSA) is 63.5 Å². The Bertz CT molecular complexity index is 699. The van der Waals surface area contributed by atoms with Gasteiger partial charge in [-0.1, -0.05) is 0 Å². The highest BCUT2D eigenvalue weighted by atomic mass is 79.9. The third-order valence-electron chi connectivity index (χ3n) is 2.88. The van der Waals surface area contributed by atoms with Gasteiger partial charge >= 0.3 is 0 Å². The molecule has 2 rings (SSSR count). The van der Waals surface area contributed by atoms with E-state index in [1.807, 2.05) is 11.4 Å². The van der Waals surface area contributed by atoms with Crippen molar-refractivity contribution in [2.24, 2.45) is 0 Å². The lowest BCUT2D eigenvalue weighted by atomic mass is 10.1. The Labute approximate surface area is 134 Å². The number of nitro groups is 1. The van der Waals surface area contributed by atoms with Crippen molar-refractivity contribution in [3.05, 3.63) is 60.2 Å². The Morgan fingerprint density at radius 1 is 1.38 bits per heavy atom. The fraction of sp³-hybridized carbons (Fsp3) is 0.214. The number of carbonyl (C=O) groups is 1. The molecule has 21 heavy (non-hydrogen) atoms. The number of nitro benzene ring substituents is 1. The van der Waals surface area contributed by atoms with Gasteiger partial charge in [-0.05, 0) is 40.5 Å². The van der Waals surface area contributed by atoms with Crippen molar-refractivity contribution < 1.29 is 9.72 Å². The number of halogens is 1. The van der Waals surface area contributed by atoms with Crippen LogP contribution in [0.25, 0.3) is 0 Å². The van der Waals surface area contributed by atoms with Crippen LogP contribution < -0.4 is 0 Å². The van der Waals surface area contributed by atoms with Crippen molar-refractivity contribution >= 4 is 38.9 Å². The number of aryl methyl sites for hydroxylation is 1. The SMILES string of the molecule is Cc1cc(C(=O)N(C)Cc2cc(Br)cs2)cc([N+](=O)[O-])c1. The number of amides is 1. The third-order valence-corrected chi connectivity index (χ3v) is 4.56. The summed E-state index contributed by atoms with van der Waals surface area (Å²) in [6, 6.07) is 6.38. The van der Waals surface area contributed by atoms with E-state index in [0.717, 1.165) is 9.35 Å². The lowest BCUT2D eigenvalue weighted by Gasteiger charge is -2.16. The zero-order valence-electron chi connectivity index (χ0n) is 11.5. The fourth-order valence-corrected chi connectivity index (χ4v) is 3.46. The molecular weight excluding hydrogens is 356 g/mol. The second-order valence-electron chi connectivity index (χ2n) is 4.71. The molecule has 0 radical (unpaired) electrons. The zero-order valence-corrected chi connectivity index (χ0v) is 13.9. The molecule has 1 heterocycles. The lowest BCUT2D eigenvalue weighted by molar-refractivity contribution is -0.384. The minimum Gasteiger partial charge on any atom is -0.337 e. The highest BCUT2D eigenvalue weighted by Crippen LogP contribution is 2.22. The number of non-ortho nitro benzene ring substituents is 1. The summed E-state index contributed by atoms with van der Waals surface area (Å²) in [7, 11) is 1.68. The molecule has 110 valence electrons. The van der Waals surface area contributed by atoms with E-state index in [-0.39, 0.29) is 11.6 Å². The van der Waals surface area contributed by atoms with Gasteiger partial charge in [0, 0.05) is 39.5 Å². The Balaban J connectivity index is 2.20. The van der Waals surface area contributed by atoms with Crippen LogP contribution >= 0.6 is 27.3 Å². The van der Waals surface area contributed by atoms with Gasteiger partial charge in [0.2, 0.25) is 0 Å². The molecule has 1 aromatic carbocycles. The number of hydrogen-bond acceptors (Lipinski definition) is 4. The van der Waals surface area contributed by atoms with Crippen molar-refractivity contribution in [1.82, 2.24) is 4.90 Å². The number of thiophene rings is 1. The van der Waals surface area contributed by atoms with E-state index in [4.69, 9.17) is 0 Å². The molecule has 7 heteroatoms. The highest BCUT2D eigenvalue weighted by Gasteiger charge is 2.17. The van der Waals surface area contributed by atoms with Crippen LogP contribution in [0.2, 0.25) is 0 Å². The van der Waals surface area contributed by atoms with Crippen LogP contribution in [-0.2, 0) is 6.54 Å². The van der Waals surface area contributed by atoms with Crippen molar-refractivity contribution in [3.63, 3.8) is 0 Å². The molecule has 0 spiro atoms. The van der Waals surface area contributed by atoms with Crippen molar-refractivity contribution in [1.29, 1.82) is 0 Å². The molecule has 0 fully saturated rings. The quantitative estimate of drug-likeness (QED) is 0.605. The average Bonchev–Trinajstić information content (AvgIpc) is 2.82. The number of rotatable bonds is 4. The van der Waals surface area contributed by atoms with Crippen LogP contribution in [0.5, 0.6) is 0 Å². The van der Waals surface area contributed by atoms with E-state index in [2.05, 4.69) is 15.9 Å². The van der Waals surface area contributed by atoms with Crippen LogP contribution in [0.15, 0.2) is 34.1 Å². The molecule has 0 N–H and O–H groups in total. The molecule has 1 amide bonds. The van der Waals surface area contributed by atoms with Crippen LogP contribution in [0.3, 0.4) is 0 Å². The molecule has 0 aliphatic rings. The summed E-state index contributed by atoms with van der Waals surface area (Å²) in [6.07, 6.45) is 0. The molecule has 0 saturated heterocycles. The summed E-state index contributed by atoms with van der Waals surface area (Å²) in [5.41, 5.74) is 0.963. The first-order valence-corrected chi connectivity index (χ1v) is 7.78. The van der Waals surface area contributed by atoms with E-state index in [9.17, 15) is 14.9 Å². The van der Waals surface area contributed by atoms with Gasteiger partial charge in [0.1, 0.15) is 0 Å². The van der Waals surface area contributed by atoms with Crippen LogP contribution in [0.4, 0.5) is 5.69 Å². The number of carbonyl (C=O) groups excluding carboxylic acids is 1. The minimum absolute atomic E-state index is 0.0642. The standard InChI is InChI=1S/C14H13BrN2O3S/c1-9-3-10(5-12(4-9)17(19)20)14(18)16(2)7-13-6-11(15)8-21-13/h3-6,8H,7H2,1-2H3. The zero-order chi connectivity index (χ0) is 15.6. The molecule has 0 saturated carbocycles. The molecule has 0 aliphatic heterocycles.